The molecule has 1 aromatic carbocycles. The second-order valence-electron chi connectivity index (χ2n) is 4.79. The lowest BCUT2D eigenvalue weighted by molar-refractivity contribution is 0.530. The molecule has 1 atom stereocenters. The van der Waals surface area contributed by atoms with Gasteiger partial charge in [-0.3, -0.25) is 0 Å². The first-order chi connectivity index (χ1) is 9.20. The van der Waals surface area contributed by atoms with Gasteiger partial charge in [0.05, 0.1) is 17.4 Å². The maximum Gasteiger partial charge on any atom is 0.0801 e. The molecule has 0 aliphatic heterocycles. The van der Waals surface area contributed by atoms with Crippen molar-refractivity contribution in [2.24, 2.45) is 0 Å². The fourth-order valence-electron chi connectivity index (χ4n) is 2.12. The van der Waals surface area contributed by atoms with Crippen molar-refractivity contribution in [3.05, 3.63) is 60.4 Å². The van der Waals surface area contributed by atoms with E-state index >= 15 is 0 Å². The van der Waals surface area contributed by atoms with Crippen molar-refractivity contribution in [2.45, 2.75) is 26.3 Å². The number of para-hydroxylation sites is 1. The Bertz CT molecular complexity index is 528. The van der Waals surface area contributed by atoms with Crippen LogP contribution < -0.4 is 5.32 Å². The minimum absolute atomic E-state index is 0.243. The molecule has 0 fully saturated rings. The second-order valence-corrected chi connectivity index (χ2v) is 4.79. The smallest absolute Gasteiger partial charge is 0.0801 e. The molecule has 2 aromatic rings. The van der Waals surface area contributed by atoms with Gasteiger partial charge in [0, 0.05) is 6.20 Å². The summed E-state index contributed by atoms with van der Waals surface area (Å²) in [5.41, 5.74) is 3.31. The predicted octanol–water partition coefficient (Wildman–Crippen LogP) is 3.49. The molecule has 0 spiro atoms. The standard InChI is InChI=1S/C16H21N3/c1-4-17-16(12-13(2)3)15-10-11-19(18-15)14-8-6-5-7-9-14/h5-11,16-17H,2,4,12H2,1,3H3. The SMILES string of the molecule is C=C(C)CC(NCC)c1ccn(-c2ccccc2)n1. The van der Waals surface area contributed by atoms with Crippen LogP contribution in [0.3, 0.4) is 0 Å². The van der Waals surface area contributed by atoms with E-state index in [9.17, 15) is 0 Å². The molecule has 0 saturated carbocycles. The summed E-state index contributed by atoms with van der Waals surface area (Å²) >= 11 is 0. The average Bonchev–Trinajstić information content (AvgIpc) is 2.88. The summed E-state index contributed by atoms with van der Waals surface area (Å²) in [5, 5.41) is 8.12. The quantitative estimate of drug-likeness (QED) is 0.801. The van der Waals surface area contributed by atoms with E-state index in [1.54, 1.807) is 0 Å². The van der Waals surface area contributed by atoms with E-state index in [0.717, 1.165) is 24.3 Å². The van der Waals surface area contributed by atoms with Crippen molar-refractivity contribution >= 4 is 0 Å². The highest BCUT2D eigenvalue weighted by Gasteiger charge is 2.13. The van der Waals surface area contributed by atoms with E-state index in [4.69, 9.17) is 0 Å². The first-order valence-electron chi connectivity index (χ1n) is 6.69. The molecule has 1 N–H and O–H groups in total. The van der Waals surface area contributed by atoms with Crippen LogP contribution >= 0.6 is 0 Å². The number of aromatic nitrogens is 2. The molecule has 1 aromatic heterocycles. The van der Waals surface area contributed by atoms with Gasteiger partial charge in [0.15, 0.2) is 0 Å². The molecule has 0 radical (unpaired) electrons. The van der Waals surface area contributed by atoms with Crippen molar-refractivity contribution in [3.63, 3.8) is 0 Å². The van der Waals surface area contributed by atoms with Gasteiger partial charge in [0.25, 0.3) is 0 Å². The van der Waals surface area contributed by atoms with Crippen LogP contribution in [0.2, 0.25) is 0 Å². The molecule has 0 saturated heterocycles. The Morgan fingerprint density at radius 1 is 1.32 bits per heavy atom. The van der Waals surface area contributed by atoms with Crippen molar-refractivity contribution < 1.29 is 0 Å². The van der Waals surface area contributed by atoms with Gasteiger partial charge in [0.1, 0.15) is 0 Å². The molecule has 3 nitrogen and oxygen atoms in total. The first kappa shape index (κ1) is 13.6. The molecule has 0 bridgehead atoms. The molecule has 1 unspecified atom stereocenters. The summed E-state index contributed by atoms with van der Waals surface area (Å²) in [6.07, 6.45) is 2.92. The molecule has 2 rings (SSSR count). The molecule has 0 aliphatic rings. The largest absolute Gasteiger partial charge is 0.309 e. The number of rotatable bonds is 6. The minimum Gasteiger partial charge on any atom is -0.309 e. The summed E-state index contributed by atoms with van der Waals surface area (Å²) < 4.78 is 1.91. The Hall–Kier alpha value is -1.87. The van der Waals surface area contributed by atoms with Gasteiger partial charge in [-0.1, -0.05) is 30.7 Å². The van der Waals surface area contributed by atoms with Gasteiger partial charge in [-0.2, -0.15) is 5.10 Å². The number of nitrogens with zero attached hydrogens (tertiary/aromatic N) is 2. The van der Waals surface area contributed by atoms with Crippen LogP contribution in [0.4, 0.5) is 0 Å². The van der Waals surface area contributed by atoms with Crippen molar-refractivity contribution in [2.75, 3.05) is 6.54 Å². The fraction of sp³-hybridized carbons (Fsp3) is 0.312. The zero-order valence-corrected chi connectivity index (χ0v) is 11.6. The molecule has 100 valence electrons. The summed E-state index contributed by atoms with van der Waals surface area (Å²) in [5.74, 6) is 0. The van der Waals surface area contributed by atoms with Gasteiger partial charge in [-0.25, -0.2) is 4.68 Å². The topological polar surface area (TPSA) is 29.9 Å². The van der Waals surface area contributed by atoms with Gasteiger partial charge in [-0.05, 0) is 38.1 Å². The highest BCUT2D eigenvalue weighted by atomic mass is 15.3. The Morgan fingerprint density at radius 2 is 2.05 bits per heavy atom. The van der Waals surface area contributed by atoms with Crippen molar-refractivity contribution in [1.82, 2.24) is 15.1 Å². The number of nitrogens with one attached hydrogen (secondary N) is 1. The molecule has 3 heteroatoms. The van der Waals surface area contributed by atoms with E-state index in [-0.39, 0.29) is 6.04 Å². The fourth-order valence-corrected chi connectivity index (χ4v) is 2.12. The Morgan fingerprint density at radius 3 is 2.68 bits per heavy atom. The number of hydrogen-bond acceptors (Lipinski definition) is 2. The van der Waals surface area contributed by atoms with E-state index in [1.807, 2.05) is 29.1 Å². The maximum absolute atomic E-state index is 4.67. The highest BCUT2D eigenvalue weighted by molar-refractivity contribution is 5.30. The number of benzene rings is 1. The van der Waals surface area contributed by atoms with Crippen LogP contribution in [0.5, 0.6) is 0 Å². The predicted molar refractivity (Wildman–Crippen MR) is 79.4 cm³/mol. The van der Waals surface area contributed by atoms with Gasteiger partial charge < -0.3 is 5.32 Å². The molecular formula is C16H21N3. The minimum atomic E-state index is 0.243. The van der Waals surface area contributed by atoms with Gasteiger partial charge >= 0.3 is 0 Å². The third-order valence-corrected chi connectivity index (χ3v) is 2.99. The van der Waals surface area contributed by atoms with Crippen LogP contribution in [0.25, 0.3) is 5.69 Å². The van der Waals surface area contributed by atoms with Crippen LogP contribution in [0.15, 0.2) is 54.7 Å². The van der Waals surface area contributed by atoms with E-state index in [0.29, 0.717) is 0 Å². The normalized spacial score (nSPS) is 12.3. The Balaban J connectivity index is 2.21. The van der Waals surface area contributed by atoms with Crippen LogP contribution in [-0.4, -0.2) is 16.3 Å². The average molecular weight is 255 g/mol. The number of hydrogen-bond donors (Lipinski definition) is 1. The van der Waals surface area contributed by atoms with Crippen molar-refractivity contribution in [1.29, 1.82) is 0 Å². The second kappa shape index (κ2) is 6.34. The van der Waals surface area contributed by atoms with Crippen LogP contribution in [0, 0.1) is 0 Å². The lowest BCUT2D eigenvalue weighted by Gasteiger charge is -2.15. The van der Waals surface area contributed by atoms with Crippen LogP contribution in [0.1, 0.15) is 32.0 Å². The molecule has 0 aliphatic carbocycles. The van der Waals surface area contributed by atoms with Crippen molar-refractivity contribution in [3.8, 4) is 5.69 Å². The summed E-state index contributed by atoms with van der Waals surface area (Å²) in [6.45, 7) is 9.08. The maximum atomic E-state index is 4.67. The third kappa shape index (κ3) is 3.55. The molecule has 1 heterocycles. The molecule has 0 amide bonds. The lowest BCUT2D eigenvalue weighted by atomic mass is 10.1. The van der Waals surface area contributed by atoms with E-state index in [2.05, 4.69) is 49.0 Å². The highest BCUT2D eigenvalue weighted by Crippen LogP contribution is 2.19. The van der Waals surface area contributed by atoms with Gasteiger partial charge in [-0.15, -0.1) is 6.58 Å². The zero-order chi connectivity index (χ0) is 13.7. The zero-order valence-electron chi connectivity index (χ0n) is 11.6. The summed E-state index contributed by atoms with van der Waals surface area (Å²) in [6, 6.07) is 12.5. The van der Waals surface area contributed by atoms with E-state index in [1.165, 1.54) is 5.57 Å². The molecule has 19 heavy (non-hydrogen) atoms. The summed E-state index contributed by atoms with van der Waals surface area (Å²) in [4.78, 5) is 0. The van der Waals surface area contributed by atoms with Crippen LogP contribution in [-0.2, 0) is 0 Å². The lowest BCUT2D eigenvalue weighted by Crippen LogP contribution is -2.21. The molecular weight excluding hydrogens is 234 g/mol. The third-order valence-electron chi connectivity index (χ3n) is 2.99. The Kier molecular flexibility index (Phi) is 4.53. The first-order valence-corrected chi connectivity index (χ1v) is 6.69. The Labute approximate surface area is 115 Å². The van der Waals surface area contributed by atoms with Gasteiger partial charge in [0.2, 0.25) is 0 Å². The monoisotopic (exact) mass is 255 g/mol. The van der Waals surface area contributed by atoms with E-state index < -0.39 is 0 Å². The summed E-state index contributed by atoms with van der Waals surface area (Å²) in [7, 11) is 0.